The molecular formula is C19H31N3O4. The minimum absolute atomic E-state index is 0.000926. The Morgan fingerprint density at radius 3 is 2.46 bits per heavy atom. The van der Waals surface area contributed by atoms with Crippen LogP contribution >= 0.6 is 0 Å². The largest absolute Gasteiger partial charge is 0.378 e. The number of hydrogen-bond acceptors (Lipinski definition) is 5. The predicted octanol–water partition coefficient (Wildman–Crippen LogP) is 0.336. The van der Waals surface area contributed by atoms with Crippen LogP contribution in [-0.2, 0) is 19.1 Å². The third-order valence-electron chi connectivity index (χ3n) is 6.81. The smallest absolute Gasteiger partial charge is 0.228 e. The number of fused-ring (bicyclic) bond motifs is 2. The standard InChI is InChI=1S/C19H31N3O4/c1-20-6-8-21(9-7-20)18(24)15-10-14-12-22(13-16(15)26-14)17(23)11-19(25-2)4-3-5-19/h14-16H,3-13H2,1-2H3. The molecule has 4 aliphatic rings. The van der Waals surface area contributed by atoms with Crippen LogP contribution in [0.25, 0.3) is 0 Å². The highest BCUT2D eigenvalue weighted by atomic mass is 16.5. The first kappa shape index (κ1) is 18.2. The van der Waals surface area contributed by atoms with E-state index in [0.717, 1.165) is 51.9 Å². The maximum absolute atomic E-state index is 13.0. The molecule has 0 spiro atoms. The lowest BCUT2D eigenvalue weighted by atomic mass is 9.77. The Balaban J connectivity index is 1.35. The van der Waals surface area contributed by atoms with Crippen molar-refractivity contribution in [1.82, 2.24) is 14.7 Å². The van der Waals surface area contributed by atoms with E-state index in [4.69, 9.17) is 9.47 Å². The van der Waals surface area contributed by atoms with E-state index in [1.807, 2.05) is 9.80 Å². The first-order chi connectivity index (χ1) is 12.5. The van der Waals surface area contributed by atoms with E-state index in [1.165, 1.54) is 0 Å². The van der Waals surface area contributed by atoms with Crippen molar-refractivity contribution in [3.8, 4) is 0 Å². The van der Waals surface area contributed by atoms with Gasteiger partial charge >= 0.3 is 0 Å². The van der Waals surface area contributed by atoms with Crippen LogP contribution in [-0.4, -0.2) is 97.7 Å². The van der Waals surface area contributed by atoms with Crippen LogP contribution in [0.3, 0.4) is 0 Å². The summed E-state index contributed by atoms with van der Waals surface area (Å²) in [5, 5.41) is 0. The van der Waals surface area contributed by atoms with Crippen LogP contribution in [0.1, 0.15) is 32.1 Å². The van der Waals surface area contributed by atoms with E-state index in [1.54, 1.807) is 7.11 Å². The molecule has 3 heterocycles. The Labute approximate surface area is 155 Å². The van der Waals surface area contributed by atoms with Gasteiger partial charge in [0.1, 0.15) is 0 Å². The Morgan fingerprint density at radius 1 is 1.12 bits per heavy atom. The zero-order chi connectivity index (χ0) is 18.3. The van der Waals surface area contributed by atoms with E-state index >= 15 is 0 Å². The van der Waals surface area contributed by atoms with Gasteiger partial charge in [0.2, 0.25) is 11.8 Å². The average molecular weight is 365 g/mol. The Bertz CT molecular complexity index is 551. The molecule has 1 saturated carbocycles. The van der Waals surface area contributed by atoms with Crippen molar-refractivity contribution in [2.45, 2.75) is 49.9 Å². The number of likely N-dealkylation sites (N-methyl/N-ethyl adjacent to an activating group) is 1. The molecule has 4 fully saturated rings. The second-order valence-electron chi connectivity index (χ2n) is 8.48. The van der Waals surface area contributed by atoms with Crippen molar-refractivity contribution >= 4 is 11.8 Å². The van der Waals surface area contributed by atoms with E-state index in [0.29, 0.717) is 19.5 Å². The van der Waals surface area contributed by atoms with E-state index < -0.39 is 0 Å². The van der Waals surface area contributed by atoms with Crippen molar-refractivity contribution in [3.05, 3.63) is 0 Å². The molecule has 1 aliphatic carbocycles. The molecule has 3 saturated heterocycles. The number of methoxy groups -OCH3 is 1. The van der Waals surface area contributed by atoms with Crippen molar-refractivity contribution in [2.75, 3.05) is 53.4 Å². The molecule has 0 aromatic carbocycles. The summed E-state index contributed by atoms with van der Waals surface area (Å²) in [7, 11) is 3.80. The predicted molar refractivity (Wildman–Crippen MR) is 95.6 cm³/mol. The summed E-state index contributed by atoms with van der Waals surface area (Å²) in [5.41, 5.74) is -0.247. The number of morpholine rings is 1. The summed E-state index contributed by atoms with van der Waals surface area (Å²) in [6, 6.07) is 0. The summed E-state index contributed by atoms with van der Waals surface area (Å²) in [5.74, 6) is 0.270. The van der Waals surface area contributed by atoms with E-state index in [9.17, 15) is 9.59 Å². The fourth-order valence-electron chi connectivity index (χ4n) is 4.79. The highest BCUT2D eigenvalue weighted by Crippen LogP contribution is 2.39. The highest BCUT2D eigenvalue weighted by molar-refractivity contribution is 5.81. The van der Waals surface area contributed by atoms with Gasteiger partial charge in [-0.2, -0.15) is 0 Å². The maximum atomic E-state index is 13.0. The molecule has 2 bridgehead atoms. The molecule has 3 unspecified atom stereocenters. The van der Waals surface area contributed by atoms with Crippen molar-refractivity contribution in [2.24, 2.45) is 5.92 Å². The summed E-state index contributed by atoms with van der Waals surface area (Å²) in [6.45, 7) is 4.60. The topological polar surface area (TPSA) is 62.3 Å². The summed E-state index contributed by atoms with van der Waals surface area (Å²) in [6.07, 6.45) is 4.13. The monoisotopic (exact) mass is 365 g/mol. The average Bonchev–Trinajstić information content (AvgIpc) is 2.91. The van der Waals surface area contributed by atoms with Crippen LogP contribution in [0.4, 0.5) is 0 Å². The van der Waals surface area contributed by atoms with Crippen LogP contribution in [0.15, 0.2) is 0 Å². The quantitative estimate of drug-likeness (QED) is 0.719. The first-order valence-corrected chi connectivity index (χ1v) is 9.95. The van der Waals surface area contributed by atoms with Crippen LogP contribution in [0, 0.1) is 5.92 Å². The number of ether oxygens (including phenoxy) is 2. The van der Waals surface area contributed by atoms with Gasteiger partial charge in [-0.25, -0.2) is 0 Å². The molecule has 7 nitrogen and oxygen atoms in total. The normalized spacial score (nSPS) is 33.8. The maximum Gasteiger partial charge on any atom is 0.228 e. The molecule has 0 N–H and O–H groups in total. The number of hydrogen-bond donors (Lipinski definition) is 0. The van der Waals surface area contributed by atoms with Crippen molar-refractivity contribution < 1.29 is 19.1 Å². The second-order valence-corrected chi connectivity index (χ2v) is 8.48. The number of piperazine rings is 1. The molecule has 7 heteroatoms. The second kappa shape index (κ2) is 7.09. The molecule has 26 heavy (non-hydrogen) atoms. The van der Waals surface area contributed by atoms with Crippen molar-refractivity contribution in [1.29, 1.82) is 0 Å². The molecule has 3 atom stereocenters. The lowest BCUT2D eigenvalue weighted by Crippen LogP contribution is -2.53. The fourth-order valence-corrected chi connectivity index (χ4v) is 4.79. The molecule has 3 aliphatic heterocycles. The summed E-state index contributed by atoms with van der Waals surface area (Å²) < 4.78 is 11.6. The van der Waals surface area contributed by atoms with Gasteiger partial charge in [0.25, 0.3) is 0 Å². The number of carbonyl (C=O) groups is 2. The Hall–Kier alpha value is -1.18. The lowest BCUT2D eigenvalue weighted by molar-refractivity contribution is -0.154. The Morgan fingerprint density at radius 2 is 1.85 bits per heavy atom. The zero-order valence-electron chi connectivity index (χ0n) is 16.0. The minimum Gasteiger partial charge on any atom is -0.378 e. The molecule has 2 amide bonds. The third-order valence-corrected chi connectivity index (χ3v) is 6.81. The van der Waals surface area contributed by atoms with Gasteiger partial charge in [-0.15, -0.1) is 0 Å². The van der Waals surface area contributed by atoms with Gasteiger partial charge in [0, 0.05) is 46.4 Å². The number of nitrogens with zero attached hydrogens (tertiary/aromatic N) is 3. The fraction of sp³-hybridized carbons (Fsp3) is 0.895. The Kier molecular flexibility index (Phi) is 4.96. The van der Waals surface area contributed by atoms with Gasteiger partial charge in [-0.05, 0) is 32.7 Å². The first-order valence-electron chi connectivity index (χ1n) is 9.95. The SMILES string of the molecule is COC1(CC(=O)N2CC3CC(C(=O)N4CCN(C)CC4)C(C2)O3)CCC1. The van der Waals surface area contributed by atoms with Gasteiger partial charge in [-0.3, -0.25) is 9.59 Å². The minimum atomic E-state index is -0.247. The van der Waals surface area contributed by atoms with Gasteiger partial charge in [-0.1, -0.05) is 0 Å². The number of carbonyl (C=O) groups excluding carboxylic acids is 2. The third kappa shape index (κ3) is 3.37. The molecule has 0 aromatic heterocycles. The number of likely N-dealkylation sites (tertiary alicyclic amines) is 1. The number of amides is 2. The molecular weight excluding hydrogens is 334 g/mol. The molecule has 146 valence electrons. The van der Waals surface area contributed by atoms with Gasteiger partial charge in [0.05, 0.1) is 30.1 Å². The zero-order valence-corrected chi connectivity index (χ0v) is 16.0. The lowest BCUT2D eigenvalue weighted by Gasteiger charge is -2.42. The summed E-state index contributed by atoms with van der Waals surface area (Å²) in [4.78, 5) is 31.9. The molecule has 0 aromatic rings. The highest BCUT2D eigenvalue weighted by Gasteiger charge is 2.48. The van der Waals surface area contributed by atoms with Gasteiger partial charge in [0.15, 0.2) is 0 Å². The van der Waals surface area contributed by atoms with Crippen LogP contribution in [0.5, 0.6) is 0 Å². The van der Waals surface area contributed by atoms with Crippen molar-refractivity contribution in [3.63, 3.8) is 0 Å². The van der Waals surface area contributed by atoms with Crippen LogP contribution in [0.2, 0.25) is 0 Å². The molecule has 4 rings (SSSR count). The van der Waals surface area contributed by atoms with E-state index in [-0.39, 0.29) is 35.5 Å². The van der Waals surface area contributed by atoms with E-state index in [2.05, 4.69) is 11.9 Å². The van der Waals surface area contributed by atoms with Gasteiger partial charge < -0.3 is 24.2 Å². The number of rotatable bonds is 4. The summed E-state index contributed by atoms with van der Waals surface area (Å²) >= 11 is 0. The molecule has 0 radical (unpaired) electrons. The van der Waals surface area contributed by atoms with Crippen LogP contribution < -0.4 is 0 Å².